The van der Waals surface area contributed by atoms with Crippen molar-refractivity contribution in [2.24, 2.45) is 0 Å². The number of nitrogens with one attached hydrogen (secondary N) is 1. The van der Waals surface area contributed by atoms with Crippen LogP contribution in [0.25, 0.3) is 5.69 Å². The number of benzene rings is 1. The Bertz CT molecular complexity index is 630. The maximum absolute atomic E-state index is 11.9. The zero-order valence-electron chi connectivity index (χ0n) is 11.5. The molecule has 1 aromatic heterocycles. The summed E-state index contributed by atoms with van der Waals surface area (Å²) in [7, 11) is 0. The first kappa shape index (κ1) is 14.8. The molecule has 1 atom stereocenters. The fourth-order valence-electron chi connectivity index (χ4n) is 1.72. The van der Waals surface area contributed by atoms with E-state index in [2.05, 4.69) is 5.32 Å². The van der Waals surface area contributed by atoms with Crippen LogP contribution >= 0.6 is 0 Å². The van der Waals surface area contributed by atoms with E-state index in [4.69, 9.17) is 5.11 Å². The molecular weight excluding hydrogens is 272 g/mol. The van der Waals surface area contributed by atoms with Crippen LogP contribution in [0.3, 0.4) is 0 Å². The SMILES string of the molecule is CC(O)(CNC(=O)c1ccc(-n2cccc2)cc1)C(=O)O. The molecule has 0 saturated carbocycles. The second-order valence-corrected chi connectivity index (χ2v) is 4.90. The first-order valence-electron chi connectivity index (χ1n) is 6.37. The largest absolute Gasteiger partial charge is 0.479 e. The van der Waals surface area contributed by atoms with Crippen LogP contribution in [0.5, 0.6) is 0 Å². The molecule has 3 N–H and O–H groups in total. The summed E-state index contributed by atoms with van der Waals surface area (Å²) in [5.41, 5.74) is -0.679. The van der Waals surface area contributed by atoms with Crippen molar-refractivity contribution >= 4 is 11.9 Å². The predicted molar refractivity (Wildman–Crippen MR) is 76.4 cm³/mol. The first-order valence-corrected chi connectivity index (χ1v) is 6.37. The van der Waals surface area contributed by atoms with E-state index in [9.17, 15) is 14.7 Å². The van der Waals surface area contributed by atoms with Gasteiger partial charge in [-0.3, -0.25) is 4.79 Å². The van der Waals surface area contributed by atoms with Gasteiger partial charge >= 0.3 is 5.97 Å². The van der Waals surface area contributed by atoms with Gasteiger partial charge in [0.25, 0.3) is 5.91 Å². The zero-order valence-corrected chi connectivity index (χ0v) is 11.5. The Hall–Kier alpha value is -2.60. The quantitative estimate of drug-likeness (QED) is 0.766. The van der Waals surface area contributed by atoms with Crippen LogP contribution in [-0.2, 0) is 4.79 Å². The fourth-order valence-corrected chi connectivity index (χ4v) is 1.72. The molecule has 1 unspecified atom stereocenters. The number of carbonyl (C=O) groups excluding carboxylic acids is 1. The van der Waals surface area contributed by atoms with Crippen LogP contribution in [0.2, 0.25) is 0 Å². The minimum Gasteiger partial charge on any atom is -0.479 e. The van der Waals surface area contributed by atoms with Crippen molar-refractivity contribution in [1.82, 2.24) is 9.88 Å². The van der Waals surface area contributed by atoms with Crippen molar-refractivity contribution in [2.45, 2.75) is 12.5 Å². The minimum absolute atomic E-state index is 0.361. The van der Waals surface area contributed by atoms with E-state index in [-0.39, 0.29) is 6.54 Å². The zero-order chi connectivity index (χ0) is 15.5. The van der Waals surface area contributed by atoms with Gasteiger partial charge in [0, 0.05) is 23.6 Å². The highest BCUT2D eigenvalue weighted by atomic mass is 16.4. The molecule has 1 amide bonds. The number of aliphatic hydroxyl groups is 1. The number of carboxylic acids is 1. The molecule has 0 aliphatic carbocycles. The number of nitrogens with zero attached hydrogens (tertiary/aromatic N) is 1. The Morgan fingerprint density at radius 3 is 2.29 bits per heavy atom. The second kappa shape index (κ2) is 5.80. The molecule has 0 saturated heterocycles. The highest BCUT2D eigenvalue weighted by Gasteiger charge is 2.30. The van der Waals surface area contributed by atoms with Crippen LogP contribution in [0.1, 0.15) is 17.3 Å². The van der Waals surface area contributed by atoms with Crippen LogP contribution in [-0.4, -0.2) is 38.8 Å². The van der Waals surface area contributed by atoms with Crippen molar-refractivity contribution < 1.29 is 19.8 Å². The van der Waals surface area contributed by atoms with Crippen LogP contribution in [0.4, 0.5) is 0 Å². The maximum atomic E-state index is 11.9. The number of carbonyl (C=O) groups is 2. The van der Waals surface area contributed by atoms with E-state index >= 15 is 0 Å². The van der Waals surface area contributed by atoms with Gasteiger partial charge in [-0.25, -0.2) is 4.79 Å². The molecule has 2 rings (SSSR count). The lowest BCUT2D eigenvalue weighted by atomic mass is 10.1. The summed E-state index contributed by atoms with van der Waals surface area (Å²) in [5, 5.41) is 20.7. The summed E-state index contributed by atoms with van der Waals surface area (Å²) in [6, 6.07) is 10.6. The maximum Gasteiger partial charge on any atom is 0.337 e. The Kier molecular flexibility index (Phi) is 4.09. The Labute approximate surface area is 121 Å². The molecule has 0 aliphatic heterocycles. The lowest BCUT2D eigenvalue weighted by Crippen LogP contribution is -2.46. The van der Waals surface area contributed by atoms with E-state index in [1.165, 1.54) is 0 Å². The predicted octanol–water partition coefficient (Wildman–Crippen LogP) is 1.04. The molecule has 110 valence electrons. The standard InChI is InChI=1S/C15H16N2O4/c1-15(21,14(19)20)10-16-13(18)11-4-6-12(7-5-11)17-8-2-3-9-17/h2-9,21H,10H2,1H3,(H,16,18)(H,19,20). The third-order valence-corrected chi connectivity index (χ3v) is 3.09. The van der Waals surface area contributed by atoms with Crippen LogP contribution in [0, 0.1) is 0 Å². The summed E-state index contributed by atoms with van der Waals surface area (Å²) in [6.07, 6.45) is 3.78. The van der Waals surface area contributed by atoms with Crippen molar-refractivity contribution in [3.05, 3.63) is 54.4 Å². The number of amides is 1. The average molecular weight is 288 g/mol. The van der Waals surface area contributed by atoms with Gasteiger partial charge in [0.05, 0.1) is 6.54 Å². The van der Waals surface area contributed by atoms with Gasteiger partial charge in [-0.15, -0.1) is 0 Å². The number of hydrogen-bond donors (Lipinski definition) is 3. The molecule has 0 aliphatic rings. The summed E-state index contributed by atoms with van der Waals surface area (Å²) in [5.74, 6) is -1.82. The Morgan fingerprint density at radius 2 is 1.76 bits per heavy atom. The van der Waals surface area contributed by atoms with E-state index < -0.39 is 17.5 Å². The summed E-state index contributed by atoms with van der Waals surface area (Å²) in [4.78, 5) is 22.6. The van der Waals surface area contributed by atoms with Gasteiger partial charge < -0.3 is 20.1 Å². The van der Waals surface area contributed by atoms with Crippen LogP contribution in [0.15, 0.2) is 48.8 Å². The molecule has 0 spiro atoms. The lowest BCUT2D eigenvalue weighted by Gasteiger charge is -2.18. The molecule has 6 nitrogen and oxygen atoms in total. The van der Waals surface area contributed by atoms with Crippen molar-refractivity contribution in [3.63, 3.8) is 0 Å². The van der Waals surface area contributed by atoms with Gasteiger partial charge in [-0.2, -0.15) is 0 Å². The molecular formula is C15H16N2O4. The number of rotatable bonds is 5. The minimum atomic E-state index is -1.99. The van der Waals surface area contributed by atoms with Crippen molar-refractivity contribution in [2.75, 3.05) is 6.54 Å². The van der Waals surface area contributed by atoms with E-state index in [1.54, 1.807) is 24.3 Å². The smallest absolute Gasteiger partial charge is 0.337 e. The number of aliphatic carboxylic acids is 1. The third-order valence-electron chi connectivity index (χ3n) is 3.09. The molecule has 21 heavy (non-hydrogen) atoms. The normalized spacial score (nSPS) is 13.4. The molecule has 0 radical (unpaired) electrons. The molecule has 2 aromatic rings. The Balaban J connectivity index is 2.02. The molecule has 1 heterocycles. The van der Waals surface area contributed by atoms with Gasteiger partial charge in [0.1, 0.15) is 0 Å². The summed E-state index contributed by atoms with van der Waals surface area (Å²) >= 11 is 0. The molecule has 0 bridgehead atoms. The highest BCUT2D eigenvalue weighted by molar-refractivity contribution is 5.94. The molecule has 0 fully saturated rings. The van der Waals surface area contributed by atoms with Gasteiger partial charge in [-0.1, -0.05) is 0 Å². The van der Waals surface area contributed by atoms with Gasteiger partial charge in [0.2, 0.25) is 0 Å². The second-order valence-electron chi connectivity index (χ2n) is 4.90. The van der Waals surface area contributed by atoms with E-state index in [1.807, 2.05) is 29.1 Å². The number of carboxylic acid groups (broad SMARTS) is 1. The van der Waals surface area contributed by atoms with Gasteiger partial charge in [-0.05, 0) is 43.3 Å². The average Bonchev–Trinajstić information content (AvgIpc) is 2.99. The third kappa shape index (κ3) is 3.49. The van der Waals surface area contributed by atoms with E-state index in [0.29, 0.717) is 5.56 Å². The van der Waals surface area contributed by atoms with Crippen LogP contribution < -0.4 is 5.32 Å². The Morgan fingerprint density at radius 1 is 1.19 bits per heavy atom. The molecule has 6 heteroatoms. The summed E-state index contributed by atoms with van der Waals surface area (Å²) < 4.78 is 1.90. The molecule has 1 aromatic carbocycles. The first-order chi connectivity index (χ1) is 9.90. The lowest BCUT2D eigenvalue weighted by molar-refractivity contribution is -0.155. The fraction of sp³-hybridized carbons (Fsp3) is 0.200. The highest BCUT2D eigenvalue weighted by Crippen LogP contribution is 2.10. The van der Waals surface area contributed by atoms with Crippen molar-refractivity contribution in [3.8, 4) is 5.69 Å². The topological polar surface area (TPSA) is 91.6 Å². The van der Waals surface area contributed by atoms with Gasteiger partial charge in [0.15, 0.2) is 5.60 Å². The number of hydrogen-bond acceptors (Lipinski definition) is 3. The summed E-state index contributed by atoms with van der Waals surface area (Å²) in [6.45, 7) is 0.769. The van der Waals surface area contributed by atoms with Crippen molar-refractivity contribution in [1.29, 1.82) is 0 Å². The monoisotopic (exact) mass is 288 g/mol. The number of aromatic nitrogens is 1. The van der Waals surface area contributed by atoms with E-state index in [0.717, 1.165) is 12.6 Å².